The van der Waals surface area contributed by atoms with Crippen LogP contribution in [-0.2, 0) is 5.54 Å². The lowest BCUT2D eigenvalue weighted by Gasteiger charge is -2.30. The summed E-state index contributed by atoms with van der Waals surface area (Å²) in [5, 5.41) is 3.41. The van der Waals surface area contributed by atoms with Crippen molar-refractivity contribution in [3.8, 4) is 0 Å². The average Bonchev–Trinajstić information content (AvgIpc) is 2.47. The van der Waals surface area contributed by atoms with Crippen LogP contribution in [0.1, 0.15) is 43.6 Å². The number of benzene rings is 1. The summed E-state index contributed by atoms with van der Waals surface area (Å²) in [6, 6.07) is 12.2. The Bertz CT molecular complexity index is 595. The molecule has 1 aromatic carbocycles. The summed E-state index contributed by atoms with van der Waals surface area (Å²) >= 11 is 0. The van der Waals surface area contributed by atoms with E-state index in [9.17, 15) is 0 Å². The molecule has 2 aromatic rings. The van der Waals surface area contributed by atoms with E-state index < -0.39 is 0 Å². The monoisotopic (exact) mass is 284 g/mol. The van der Waals surface area contributed by atoms with E-state index in [2.05, 4.69) is 48.2 Å². The quantitative estimate of drug-likeness (QED) is 0.885. The lowest BCUT2D eigenvalue weighted by Crippen LogP contribution is -2.40. The van der Waals surface area contributed by atoms with Crippen LogP contribution in [0.5, 0.6) is 0 Å². The topological polar surface area (TPSA) is 63.8 Å². The Hall–Kier alpha value is -1.94. The molecule has 0 bridgehead atoms. The van der Waals surface area contributed by atoms with Crippen LogP contribution in [0.25, 0.3) is 0 Å². The predicted molar refractivity (Wildman–Crippen MR) is 87.3 cm³/mol. The lowest BCUT2D eigenvalue weighted by atomic mass is 9.92. The van der Waals surface area contributed by atoms with E-state index in [4.69, 9.17) is 5.73 Å². The minimum absolute atomic E-state index is 0.369. The molecule has 4 nitrogen and oxygen atoms in total. The number of nitrogens with zero attached hydrogens (tertiary/aromatic N) is 2. The second-order valence-corrected chi connectivity index (χ2v) is 5.94. The summed E-state index contributed by atoms with van der Waals surface area (Å²) in [7, 11) is 0. The molecule has 3 N–H and O–H groups in total. The van der Waals surface area contributed by atoms with Gasteiger partial charge in [0.05, 0.1) is 5.54 Å². The van der Waals surface area contributed by atoms with Crippen molar-refractivity contribution in [2.45, 2.75) is 39.2 Å². The van der Waals surface area contributed by atoms with Gasteiger partial charge in [-0.05, 0) is 31.4 Å². The van der Waals surface area contributed by atoms with Crippen LogP contribution < -0.4 is 11.1 Å². The first-order valence-electron chi connectivity index (χ1n) is 7.34. The fraction of sp³-hybridized carbons (Fsp3) is 0.412. The first-order valence-corrected chi connectivity index (χ1v) is 7.34. The van der Waals surface area contributed by atoms with Crippen LogP contribution >= 0.6 is 0 Å². The van der Waals surface area contributed by atoms with Gasteiger partial charge in [0.2, 0.25) is 5.95 Å². The van der Waals surface area contributed by atoms with Crippen molar-refractivity contribution < 1.29 is 0 Å². The van der Waals surface area contributed by atoms with Crippen molar-refractivity contribution in [1.29, 1.82) is 0 Å². The summed E-state index contributed by atoms with van der Waals surface area (Å²) in [6.07, 6.45) is 0. The maximum absolute atomic E-state index is 6.00. The average molecular weight is 284 g/mol. The molecule has 0 fully saturated rings. The third-order valence-electron chi connectivity index (χ3n) is 3.67. The fourth-order valence-corrected chi connectivity index (χ4v) is 2.24. The third-order valence-corrected chi connectivity index (χ3v) is 3.67. The molecular weight excluding hydrogens is 260 g/mol. The molecule has 0 aliphatic rings. The van der Waals surface area contributed by atoms with E-state index >= 15 is 0 Å². The molecule has 1 atom stereocenters. The van der Waals surface area contributed by atoms with Crippen LogP contribution in [0.15, 0.2) is 36.4 Å². The van der Waals surface area contributed by atoms with Crippen LogP contribution in [0.4, 0.5) is 5.95 Å². The van der Waals surface area contributed by atoms with E-state index in [1.807, 2.05) is 31.2 Å². The van der Waals surface area contributed by atoms with Gasteiger partial charge in [-0.25, -0.2) is 9.97 Å². The molecule has 0 radical (unpaired) electrons. The first kappa shape index (κ1) is 15.4. The Balaban J connectivity index is 2.35. The molecule has 2 rings (SSSR count). The minimum Gasteiger partial charge on any atom is -0.344 e. The first-order chi connectivity index (χ1) is 9.94. The zero-order chi connectivity index (χ0) is 15.5. The normalized spacial score (nSPS) is 14.0. The van der Waals surface area contributed by atoms with E-state index in [1.165, 1.54) is 0 Å². The Morgan fingerprint density at radius 1 is 1.19 bits per heavy atom. The molecule has 0 saturated carbocycles. The lowest BCUT2D eigenvalue weighted by molar-refractivity contribution is 0.549. The fourth-order valence-electron chi connectivity index (χ4n) is 2.24. The van der Waals surface area contributed by atoms with Gasteiger partial charge in [0.1, 0.15) is 0 Å². The smallest absolute Gasteiger partial charge is 0.223 e. The zero-order valence-corrected chi connectivity index (χ0v) is 13.2. The summed E-state index contributed by atoms with van der Waals surface area (Å²) in [6.45, 7) is 8.78. The summed E-state index contributed by atoms with van der Waals surface area (Å²) in [5.74, 6) is 1.00. The minimum atomic E-state index is -0.386. The number of rotatable bonds is 5. The number of aromatic nitrogens is 2. The number of nitrogens with one attached hydrogen (secondary N) is 1. The van der Waals surface area contributed by atoms with Gasteiger partial charge in [-0.1, -0.05) is 44.2 Å². The third kappa shape index (κ3) is 3.58. The molecule has 1 heterocycles. The van der Waals surface area contributed by atoms with Crippen molar-refractivity contribution in [3.05, 3.63) is 53.3 Å². The van der Waals surface area contributed by atoms with Crippen molar-refractivity contribution in [1.82, 2.24) is 9.97 Å². The molecule has 112 valence electrons. The molecule has 1 unspecified atom stereocenters. The van der Waals surface area contributed by atoms with Crippen LogP contribution in [0, 0.1) is 6.92 Å². The number of hydrogen-bond donors (Lipinski definition) is 2. The molecule has 1 aromatic heterocycles. The van der Waals surface area contributed by atoms with Crippen molar-refractivity contribution in [2.24, 2.45) is 5.73 Å². The largest absolute Gasteiger partial charge is 0.344 e. The van der Waals surface area contributed by atoms with Gasteiger partial charge >= 0.3 is 0 Å². The van der Waals surface area contributed by atoms with E-state index in [0.717, 1.165) is 17.0 Å². The highest BCUT2D eigenvalue weighted by Gasteiger charge is 2.25. The van der Waals surface area contributed by atoms with Crippen LogP contribution in [0.2, 0.25) is 0 Å². The zero-order valence-electron chi connectivity index (χ0n) is 13.2. The van der Waals surface area contributed by atoms with Gasteiger partial charge in [-0.2, -0.15) is 0 Å². The predicted octanol–water partition coefficient (Wildman–Crippen LogP) is 3.19. The second kappa shape index (κ2) is 6.22. The van der Waals surface area contributed by atoms with E-state index in [1.54, 1.807) is 0 Å². The van der Waals surface area contributed by atoms with Gasteiger partial charge in [-0.3, -0.25) is 0 Å². The highest BCUT2D eigenvalue weighted by atomic mass is 15.2. The van der Waals surface area contributed by atoms with E-state index in [0.29, 0.717) is 18.4 Å². The second-order valence-electron chi connectivity index (χ2n) is 5.94. The molecule has 21 heavy (non-hydrogen) atoms. The standard InChI is InChI=1S/C17H24N4/c1-12(2)15-10-13(3)19-16(20-15)21-17(4,11-18)14-8-6-5-7-9-14/h5-10,12H,11,18H2,1-4H3,(H,19,20,21). The van der Waals surface area contributed by atoms with Crippen LogP contribution in [0.3, 0.4) is 0 Å². The highest BCUT2D eigenvalue weighted by molar-refractivity contribution is 5.38. The molecular formula is C17H24N4. The van der Waals surface area contributed by atoms with Gasteiger partial charge in [0.15, 0.2) is 0 Å². The van der Waals surface area contributed by atoms with E-state index in [-0.39, 0.29) is 5.54 Å². The molecule has 0 aliphatic carbocycles. The van der Waals surface area contributed by atoms with Crippen LogP contribution in [-0.4, -0.2) is 16.5 Å². The maximum atomic E-state index is 6.00. The van der Waals surface area contributed by atoms with Gasteiger partial charge < -0.3 is 11.1 Å². The Morgan fingerprint density at radius 3 is 2.43 bits per heavy atom. The summed E-state index contributed by atoms with van der Waals surface area (Å²) < 4.78 is 0. The highest BCUT2D eigenvalue weighted by Crippen LogP contribution is 2.24. The Morgan fingerprint density at radius 2 is 1.86 bits per heavy atom. The SMILES string of the molecule is Cc1cc(C(C)C)nc(NC(C)(CN)c2ccccc2)n1. The van der Waals surface area contributed by atoms with Gasteiger partial charge in [0.25, 0.3) is 0 Å². The van der Waals surface area contributed by atoms with Crippen molar-refractivity contribution in [3.63, 3.8) is 0 Å². The molecule has 0 spiro atoms. The Kier molecular flexibility index (Phi) is 4.58. The van der Waals surface area contributed by atoms with Crippen molar-refractivity contribution >= 4 is 5.95 Å². The number of hydrogen-bond acceptors (Lipinski definition) is 4. The molecule has 0 saturated heterocycles. The van der Waals surface area contributed by atoms with Crippen molar-refractivity contribution in [2.75, 3.05) is 11.9 Å². The number of anilines is 1. The number of nitrogens with two attached hydrogens (primary N) is 1. The Labute approximate surface area is 126 Å². The molecule has 0 amide bonds. The summed E-state index contributed by atoms with van der Waals surface area (Å²) in [5.41, 5.74) is 8.75. The van der Waals surface area contributed by atoms with Gasteiger partial charge in [0, 0.05) is 17.9 Å². The number of aryl methyl sites for hydroxylation is 1. The summed E-state index contributed by atoms with van der Waals surface area (Å²) in [4.78, 5) is 9.11. The maximum Gasteiger partial charge on any atom is 0.223 e. The van der Waals surface area contributed by atoms with Gasteiger partial charge in [-0.15, -0.1) is 0 Å². The molecule has 4 heteroatoms. The molecule has 0 aliphatic heterocycles.